The molecular formula is C11H15N3O. The van der Waals surface area contributed by atoms with Crippen LogP contribution in [0.25, 0.3) is 0 Å². The highest BCUT2D eigenvalue weighted by atomic mass is 16.2. The number of nitrogens with two attached hydrogens (primary N) is 2. The molecule has 0 atom stereocenters. The van der Waals surface area contributed by atoms with Crippen molar-refractivity contribution in [3.63, 3.8) is 0 Å². The van der Waals surface area contributed by atoms with Gasteiger partial charge in [-0.05, 0) is 30.5 Å². The van der Waals surface area contributed by atoms with Crippen molar-refractivity contribution in [2.24, 2.45) is 5.73 Å². The van der Waals surface area contributed by atoms with Gasteiger partial charge in [-0.2, -0.15) is 0 Å². The molecule has 2 rings (SSSR count). The number of fused-ring (bicyclic) bond motifs is 1. The maximum atomic E-state index is 11.6. The molecule has 1 aromatic carbocycles. The minimum Gasteiger partial charge on any atom is -0.398 e. The van der Waals surface area contributed by atoms with Gasteiger partial charge in [-0.3, -0.25) is 4.79 Å². The lowest BCUT2D eigenvalue weighted by molar-refractivity contribution is -0.117. The molecule has 0 fully saturated rings. The van der Waals surface area contributed by atoms with E-state index in [4.69, 9.17) is 11.5 Å². The average molecular weight is 205 g/mol. The molecule has 0 aliphatic carbocycles. The second-order valence-electron chi connectivity index (χ2n) is 3.70. The SMILES string of the molecule is NCC(=O)N1CCCc2c(N)cccc21. The molecule has 0 saturated carbocycles. The number of carbonyl (C=O) groups is 1. The van der Waals surface area contributed by atoms with E-state index in [1.807, 2.05) is 18.2 Å². The van der Waals surface area contributed by atoms with Gasteiger partial charge in [0, 0.05) is 17.9 Å². The zero-order chi connectivity index (χ0) is 10.8. The summed E-state index contributed by atoms with van der Waals surface area (Å²) in [6, 6.07) is 5.67. The van der Waals surface area contributed by atoms with Crippen molar-refractivity contribution in [3.8, 4) is 0 Å². The first kappa shape index (κ1) is 9.98. The van der Waals surface area contributed by atoms with Crippen molar-refractivity contribution in [1.29, 1.82) is 0 Å². The lowest BCUT2D eigenvalue weighted by atomic mass is 10.00. The van der Waals surface area contributed by atoms with Crippen LogP contribution in [0.2, 0.25) is 0 Å². The van der Waals surface area contributed by atoms with Crippen LogP contribution in [-0.2, 0) is 11.2 Å². The van der Waals surface area contributed by atoms with Gasteiger partial charge in [0.2, 0.25) is 5.91 Å². The summed E-state index contributed by atoms with van der Waals surface area (Å²) in [4.78, 5) is 13.3. The lowest BCUT2D eigenvalue weighted by Crippen LogP contribution is -2.39. The van der Waals surface area contributed by atoms with Crippen LogP contribution >= 0.6 is 0 Å². The standard InChI is InChI=1S/C11H15N3O/c12-7-11(15)14-6-2-3-8-9(13)4-1-5-10(8)14/h1,4-5H,2-3,6-7,12-13H2. The maximum Gasteiger partial charge on any atom is 0.240 e. The quantitative estimate of drug-likeness (QED) is 0.656. The third-order valence-corrected chi connectivity index (χ3v) is 2.76. The van der Waals surface area contributed by atoms with Crippen LogP contribution in [0.5, 0.6) is 0 Å². The number of nitrogens with zero attached hydrogens (tertiary/aromatic N) is 1. The normalized spacial score (nSPS) is 14.9. The van der Waals surface area contributed by atoms with Crippen molar-refractivity contribution in [2.75, 3.05) is 23.7 Å². The minimum absolute atomic E-state index is 0.0402. The summed E-state index contributed by atoms with van der Waals surface area (Å²) in [6.45, 7) is 0.792. The van der Waals surface area contributed by atoms with Crippen LogP contribution in [-0.4, -0.2) is 19.0 Å². The van der Waals surface area contributed by atoms with E-state index in [0.717, 1.165) is 36.3 Å². The van der Waals surface area contributed by atoms with Gasteiger partial charge in [0.15, 0.2) is 0 Å². The van der Waals surface area contributed by atoms with Crippen molar-refractivity contribution < 1.29 is 4.79 Å². The maximum absolute atomic E-state index is 11.6. The molecule has 4 heteroatoms. The fourth-order valence-corrected chi connectivity index (χ4v) is 2.02. The van der Waals surface area contributed by atoms with E-state index in [-0.39, 0.29) is 12.5 Å². The lowest BCUT2D eigenvalue weighted by Gasteiger charge is -2.29. The largest absolute Gasteiger partial charge is 0.398 e. The summed E-state index contributed by atoms with van der Waals surface area (Å²) in [5.41, 5.74) is 14.0. The molecule has 1 aromatic rings. The molecule has 0 spiro atoms. The van der Waals surface area contributed by atoms with Gasteiger partial charge in [0.05, 0.1) is 6.54 Å². The van der Waals surface area contributed by atoms with E-state index in [9.17, 15) is 4.79 Å². The highest BCUT2D eigenvalue weighted by molar-refractivity contribution is 5.96. The summed E-state index contributed by atoms with van der Waals surface area (Å²) in [5.74, 6) is -0.0402. The molecule has 4 N–H and O–H groups in total. The van der Waals surface area contributed by atoms with Gasteiger partial charge in [-0.25, -0.2) is 0 Å². The van der Waals surface area contributed by atoms with Gasteiger partial charge < -0.3 is 16.4 Å². The predicted molar refractivity (Wildman–Crippen MR) is 60.6 cm³/mol. The molecule has 1 heterocycles. The van der Waals surface area contributed by atoms with E-state index in [1.54, 1.807) is 4.90 Å². The second-order valence-corrected chi connectivity index (χ2v) is 3.70. The molecule has 80 valence electrons. The Kier molecular flexibility index (Phi) is 2.60. The average Bonchev–Trinajstić information content (AvgIpc) is 2.28. The number of anilines is 2. The summed E-state index contributed by atoms with van der Waals surface area (Å²) in [7, 11) is 0. The Morgan fingerprint density at radius 1 is 1.47 bits per heavy atom. The van der Waals surface area contributed by atoms with Crippen LogP contribution in [0.1, 0.15) is 12.0 Å². The van der Waals surface area contributed by atoms with Crippen molar-refractivity contribution in [2.45, 2.75) is 12.8 Å². The molecule has 0 unspecified atom stereocenters. The molecule has 1 aliphatic rings. The van der Waals surface area contributed by atoms with Gasteiger partial charge in [-0.1, -0.05) is 6.07 Å². The molecule has 0 bridgehead atoms. The number of nitrogen functional groups attached to an aromatic ring is 1. The molecule has 0 aromatic heterocycles. The monoisotopic (exact) mass is 205 g/mol. The van der Waals surface area contributed by atoms with E-state index >= 15 is 0 Å². The first-order valence-corrected chi connectivity index (χ1v) is 5.12. The van der Waals surface area contributed by atoms with Crippen LogP contribution in [0.4, 0.5) is 11.4 Å². The smallest absolute Gasteiger partial charge is 0.240 e. The topological polar surface area (TPSA) is 72.4 Å². The summed E-state index contributed by atoms with van der Waals surface area (Å²) >= 11 is 0. The van der Waals surface area contributed by atoms with Crippen molar-refractivity contribution in [1.82, 2.24) is 0 Å². The molecule has 4 nitrogen and oxygen atoms in total. The molecular weight excluding hydrogens is 190 g/mol. The zero-order valence-electron chi connectivity index (χ0n) is 8.57. The Balaban J connectivity index is 2.42. The second kappa shape index (κ2) is 3.90. The highest BCUT2D eigenvalue weighted by Crippen LogP contribution is 2.30. The number of benzene rings is 1. The fraction of sp³-hybridized carbons (Fsp3) is 0.364. The minimum atomic E-state index is -0.0402. The summed E-state index contributed by atoms with van der Waals surface area (Å²) in [6.07, 6.45) is 1.89. The Morgan fingerprint density at radius 2 is 2.27 bits per heavy atom. The van der Waals surface area contributed by atoms with Crippen LogP contribution < -0.4 is 16.4 Å². The van der Waals surface area contributed by atoms with E-state index in [0.29, 0.717) is 0 Å². The van der Waals surface area contributed by atoms with Crippen LogP contribution in [0.3, 0.4) is 0 Å². The van der Waals surface area contributed by atoms with Gasteiger partial charge in [0.1, 0.15) is 0 Å². The predicted octanol–water partition coefficient (Wildman–Crippen LogP) is 0.507. The summed E-state index contributed by atoms with van der Waals surface area (Å²) < 4.78 is 0. The third-order valence-electron chi connectivity index (χ3n) is 2.76. The third kappa shape index (κ3) is 1.68. The van der Waals surface area contributed by atoms with E-state index in [2.05, 4.69) is 0 Å². The van der Waals surface area contributed by atoms with Crippen LogP contribution in [0.15, 0.2) is 18.2 Å². The Bertz CT molecular complexity index is 389. The highest BCUT2D eigenvalue weighted by Gasteiger charge is 2.22. The van der Waals surface area contributed by atoms with Gasteiger partial charge in [-0.15, -0.1) is 0 Å². The number of hydrogen-bond donors (Lipinski definition) is 2. The van der Waals surface area contributed by atoms with Gasteiger partial charge in [0.25, 0.3) is 0 Å². The molecule has 1 aliphatic heterocycles. The molecule has 15 heavy (non-hydrogen) atoms. The van der Waals surface area contributed by atoms with E-state index < -0.39 is 0 Å². The fourth-order valence-electron chi connectivity index (χ4n) is 2.02. The van der Waals surface area contributed by atoms with Crippen molar-refractivity contribution >= 4 is 17.3 Å². The zero-order valence-corrected chi connectivity index (χ0v) is 8.57. The Hall–Kier alpha value is -1.55. The van der Waals surface area contributed by atoms with E-state index in [1.165, 1.54) is 0 Å². The number of hydrogen-bond acceptors (Lipinski definition) is 3. The number of amides is 1. The Morgan fingerprint density at radius 3 is 3.00 bits per heavy atom. The van der Waals surface area contributed by atoms with Gasteiger partial charge >= 0.3 is 0 Å². The molecule has 0 saturated heterocycles. The molecule has 1 amide bonds. The first-order chi connectivity index (χ1) is 7.24. The summed E-state index contributed by atoms with van der Waals surface area (Å²) in [5, 5.41) is 0. The number of rotatable bonds is 1. The molecule has 0 radical (unpaired) electrons. The van der Waals surface area contributed by atoms with Crippen LogP contribution in [0, 0.1) is 0 Å². The van der Waals surface area contributed by atoms with Crippen molar-refractivity contribution in [3.05, 3.63) is 23.8 Å². The Labute approximate surface area is 88.9 Å². The number of carbonyl (C=O) groups excluding carboxylic acids is 1. The first-order valence-electron chi connectivity index (χ1n) is 5.12.